The molecule has 9 heteroatoms. The number of aryl methyl sites for hydroxylation is 1. The molecule has 0 unspecified atom stereocenters. The summed E-state index contributed by atoms with van der Waals surface area (Å²) in [7, 11) is -4.16. The lowest BCUT2D eigenvalue weighted by Crippen LogP contribution is -2.53. The van der Waals surface area contributed by atoms with Crippen molar-refractivity contribution >= 4 is 27.5 Å². The maximum Gasteiger partial charge on any atom is 0.264 e. The Kier molecular flexibility index (Phi) is 10.8. The highest BCUT2D eigenvalue weighted by Gasteiger charge is 2.33. The molecule has 1 N–H and O–H groups in total. The fraction of sp³-hybridized carbons (Fsp3) is 0.257. The Morgan fingerprint density at radius 3 is 2.02 bits per heavy atom. The Morgan fingerprint density at radius 1 is 0.818 bits per heavy atom. The number of hydrogen-bond donors (Lipinski definition) is 1. The molecule has 0 aliphatic rings. The minimum atomic E-state index is -4.16. The number of carbonyl (C=O) groups excluding carboxylic acids is 2. The molecular formula is C35H39N3O5S. The maximum atomic E-state index is 14.2. The Balaban J connectivity index is 1.72. The zero-order valence-electron chi connectivity index (χ0n) is 25.5. The maximum absolute atomic E-state index is 14.2. The molecular weight excluding hydrogens is 574 g/mol. The van der Waals surface area contributed by atoms with Gasteiger partial charge in [-0.15, -0.1) is 0 Å². The predicted octanol–water partition coefficient (Wildman–Crippen LogP) is 6.31. The van der Waals surface area contributed by atoms with Crippen molar-refractivity contribution in [2.75, 3.05) is 10.8 Å². The van der Waals surface area contributed by atoms with Gasteiger partial charge in [-0.05, 0) is 81.3 Å². The van der Waals surface area contributed by atoms with Gasteiger partial charge >= 0.3 is 0 Å². The van der Waals surface area contributed by atoms with Crippen LogP contribution in [0.5, 0.6) is 11.5 Å². The van der Waals surface area contributed by atoms with Crippen LogP contribution < -0.4 is 14.4 Å². The fourth-order valence-electron chi connectivity index (χ4n) is 4.86. The van der Waals surface area contributed by atoms with Gasteiger partial charge in [0.15, 0.2) is 0 Å². The summed E-state index contributed by atoms with van der Waals surface area (Å²) in [5.74, 6) is 0.367. The largest absolute Gasteiger partial charge is 0.457 e. The second-order valence-corrected chi connectivity index (χ2v) is 12.7. The van der Waals surface area contributed by atoms with Gasteiger partial charge in [0.05, 0.1) is 10.6 Å². The minimum absolute atomic E-state index is 0.0484. The molecule has 0 heterocycles. The number of sulfonamides is 1. The molecule has 0 spiro atoms. The minimum Gasteiger partial charge on any atom is -0.457 e. The number of anilines is 1. The third-order valence-electron chi connectivity index (χ3n) is 6.97. The zero-order chi connectivity index (χ0) is 31.7. The summed E-state index contributed by atoms with van der Waals surface area (Å²) in [4.78, 5) is 29.0. The van der Waals surface area contributed by atoms with E-state index >= 15 is 0 Å². The summed E-state index contributed by atoms with van der Waals surface area (Å²) >= 11 is 0. The summed E-state index contributed by atoms with van der Waals surface area (Å²) in [5, 5.41) is 2.91. The van der Waals surface area contributed by atoms with Crippen LogP contribution in [0.25, 0.3) is 0 Å². The average Bonchev–Trinajstić information content (AvgIpc) is 3.01. The van der Waals surface area contributed by atoms with E-state index in [1.54, 1.807) is 42.5 Å². The Hall–Kier alpha value is -4.63. The van der Waals surface area contributed by atoms with Crippen LogP contribution >= 0.6 is 0 Å². The molecule has 1 atom stereocenters. The number of nitrogens with zero attached hydrogens (tertiary/aromatic N) is 2. The van der Waals surface area contributed by atoms with Crippen LogP contribution in [-0.2, 0) is 26.2 Å². The SMILES string of the molecule is CC[C@H](C(=O)NC(C)C)N(Cc1cccc(C)c1)C(=O)CN(c1ccc(Oc2ccccc2)cc1)S(=O)(=O)c1ccccc1. The van der Waals surface area contributed by atoms with Crippen LogP contribution in [0.15, 0.2) is 114 Å². The Bertz CT molecular complexity index is 1640. The molecule has 44 heavy (non-hydrogen) atoms. The van der Waals surface area contributed by atoms with E-state index in [2.05, 4.69) is 5.32 Å². The van der Waals surface area contributed by atoms with Crippen molar-refractivity contribution < 1.29 is 22.7 Å². The molecule has 2 amide bonds. The van der Waals surface area contributed by atoms with E-state index in [9.17, 15) is 18.0 Å². The molecule has 4 aromatic rings. The standard InChI is InChI=1S/C35H39N3O5S/c1-5-33(35(40)36-26(2)3)37(24-28-14-12-13-27(4)23-28)34(39)25-38(44(41,42)32-17-10-7-11-18-32)29-19-21-31(22-20-29)43-30-15-8-6-9-16-30/h6-23,26,33H,5,24-25H2,1-4H3,(H,36,40)/t33-/m1/s1. The number of rotatable bonds is 13. The predicted molar refractivity (Wildman–Crippen MR) is 173 cm³/mol. The number of para-hydroxylation sites is 1. The normalized spacial score (nSPS) is 11.9. The quantitative estimate of drug-likeness (QED) is 0.191. The van der Waals surface area contributed by atoms with Crippen LogP contribution in [0.3, 0.4) is 0 Å². The van der Waals surface area contributed by atoms with E-state index in [-0.39, 0.29) is 29.1 Å². The van der Waals surface area contributed by atoms with Crippen LogP contribution in [0, 0.1) is 6.92 Å². The van der Waals surface area contributed by atoms with Crippen molar-refractivity contribution in [3.05, 3.63) is 120 Å². The van der Waals surface area contributed by atoms with Gasteiger partial charge in [0.1, 0.15) is 24.1 Å². The summed E-state index contributed by atoms with van der Waals surface area (Å²) in [5.41, 5.74) is 2.15. The first-order valence-electron chi connectivity index (χ1n) is 14.6. The average molecular weight is 614 g/mol. The van der Waals surface area contributed by atoms with E-state index < -0.39 is 28.5 Å². The van der Waals surface area contributed by atoms with Crippen LogP contribution in [0.2, 0.25) is 0 Å². The van der Waals surface area contributed by atoms with Gasteiger partial charge in [0.2, 0.25) is 11.8 Å². The highest BCUT2D eigenvalue weighted by molar-refractivity contribution is 7.92. The van der Waals surface area contributed by atoms with E-state index in [0.29, 0.717) is 17.9 Å². The molecule has 0 bridgehead atoms. The molecule has 4 aromatic carbocycles. The summed E-state index contributed by atoms with van der Waals surface area (Å²) in [6.45, 7) is 7.15. The van der Waals surface area contributed by atoms with Gasteiger partial charge in [0.25, 0.3) is 10.0 Å². The van der Waals surface area contributed by atoms with E-state index in [1.165, 1.54) is 17.0 Å². The first-order valence-corrected chi connectivity index (χ1v) is 16.1. The number of nitrogens with one attached hydrogen (secondary N) is 1. The van der Waals surface area contributed by atoms with Gasteiger partial charge in [0, 0.05) is 12.6 Å². The van der Waals surface area contributed by atoms with Crippen LogP contribution in [-0.4, -0.2) is 43.8 Å². The van der Waals surface area contributed by atoms with Gasteiger partial charge in [-0.1, -0.05) is 73.2 Å². The highest BCUT2D eigenvalue weighted by atomic mass is 32.2. The van der Waals surface area contributed by atoms with Gasteiger partial charge in [-0.25, -0.2) is 8.42 Å². The van der Waals surface area contributed by atoms with Crippen molar-refractivity contribution in [1.29, 1.82) is 0 Å². The van der Waals surface area contributed by atoms with Gasteiger partial charge < -0.3 is 15.0 Å². The second-order valence-electron chi connectivity index (χ2n) is 10.8. The van der Waals surface area contributed by atoms with Gasteiger partial charge in [-0.2, -0.15) is 0 Å². The molecule has 230 valence electrons. The van der Waals surface area contributed by atoms with E-state index in [0.717, 1.165) is 15.4 Å². The monoisotopic (exact) mass is 613 g/mol. The third-order valence-corrected chi connectivity index (χ3v) is 8.75. The van der Waals surface area contributed by atoms with E-state index in [1.807, 2.05) is 82.3 Å². The third kappa shape index (κ3) is 8.26. The molecule has 0 saturated heterocycles. The lowest BCUT2D eigenvalue weighted by atomic mass is 10.1. The summed E-state index contributed by atoms with van der Waals surface area (Å²) in [6.07, 6.45) is 0.354. The van der Waals surface area contributed by atoms with Crippen LogP contribution in [0.4, 0.5) is 5.69 Å². The molecule has 0 aliphatic heterocycles. The highest BCUT2D eigenvalue weighted by Crippen LogP contribution is 2.28. The number of benzene rings is 4. The van der Waals surface area contributed by atoms with Crippen molar-refractivity contribution in [2.45, 2.75) is 57.6 Å². The Morgan fingerprint density at radius 2 is 1.43 bits per heavy atom. The smallest absolute Gasteiger partial charge is 0.264 e. The number of hydrogen-bond acceptors (Lipinski definition) is 5. The van der Waals surface area contributed by atoms with Crippen LogP contribution in [0.1, 0.15) is 38.3 Å². The number of amides is 2. The summed E-state index contributed by atoms with van der Waals surface area (Å²) < 4.78 is 35.1. The van der Waals surface area contributed by atoms with Crippen molar-refractivity contribution in [3.63, 3.8) is 0 Å². The lowest BCUT2D eigenvalue weighted by Gasteiger charge is -2.33. The summed E-state index contributed by atoms with van der Waals surface area (Å²) in [6, 6.07) is 30.6. The van der Waals surface area contributed by atoms with E-state index in [4.69, 9.17) is 4.74 Å². The first kappa shape index (κ1) is 32.3. The molecule has 0 saturated carbocycles. The molecule has 4 rings (SSSR count). The number of carbonyl (C=O) groups is 2. The molecule has 8 nitrogen and oxygen atoms in total. The number of ether oxygens (including phenoxy) is 1. The van der Waals surface area contributed by atoms with Crippen molar-refractivity contribution in [2.24, 2.45) is 0 Å². The van der Waals surface area contributed by atoms with Crippen molar-refractivity contribution in [3.8, 4) is 11.5 Å². The Labute approximate surface area is 260 Å². The topological polar surface area (TPSA) is 96.0 Å². The van der Waals surface area contributed by atoms with Gasteiger partial charge in [-0.3, -0.25) is 13.9 Å². The fourth-order valence-corrected chi connectivity index (χ4v) is 6.30. The lowest BCUT2D eigenvalue weighted by molar-refractivity contribution is -0.140. The molecule has 0 fully saturated rings. The second kappa shape index (κ2) is 14.7. The first-order chi connectivity index (χ1) is 21.1. The molecule has 0 aromatic heterocycles. The van der Waals surface area contributed by atoms with Crippen molar-refractivity contribution in [1.82, 2.24) is 10.2 Å². The zero-order valence-corrected chi connectivity index (χ0v) is 26.3. The molecule has 0 radical (unpaired) electrons. The molecule has 0 aliphatic carbocycles.